The monoisotopic (exact) mass is 332 g/mol. The summed E-state index contributed by atoms with van der Waals surface area (Å²) in [5.74, 6) is -0.452. The van der Waals surface area contributed by atoms with Crippen LogP contribution in [0.3, 0.4) is 0 Å². The Kier molecular flexibility index (Phi) is 4.08. The maximum atomic E-state index is 13.3. The second kappa shape index (κ2) is 5.38. The number of alkyl halides is 1. The number of hydrogen-bond donors (Lipinski definition) is 0. The van der Waals surface area contributed by atoms with Crippen molar-refractivity contribution in [3.63, 3.8) is 0 Å². The normalized spacial score (nSPS) is 12.5. The zero-order chi connectivity index (χ0) is 12.4. The molecule has 0 amide bonds. The molecule has 0 aliphatic heterocycles. The molecule has 0 radical (unpaired) electrons. The van der Waals surface area contributed by atoms with Crippen molar-refractivity contribution >= 4 is 39.1 Å². The minimum atomic E-state index is -0.453. The molecule has 0 aromatic heterocycles. The lowest BCUT2D eigenvalue weighted by Crippen LogP contribution is -1.95. The molecule has 0 spiro atoms. The first-order valence-electron chi connectivity index (χ1n) is 4.93. The third-order valence-electron chi connectivity index (χ3n) is 2.42. The molecule has 0 N–H and O–H groups in total. The fraction of sp³-hybridized carbons (Fsp3) is 0.0769. The fourth-order valence-electron chi connectivity index (χ4n) is 1.53. The summed E-state index contributed by atoms with van der Waals surface area (Å²) in [6, 6.07) is 12.2. The van der Waals surface area contributed by atoms with Crippen LogP contribution in [0.15, 0.2) is 46.9 Å². The van der Waals surface area contributed by atoms with E-state index in [1.807, 2.05) is 24.3 Å². The molecule has 0 nitrogen and oxygen atoms in total. The Hall–Kier alpha value is -0.570. The Labute approximate surface area is 117 Å². The van der Waals surface area contributed by atoms with Crippen molar-refractivity contribution in [1.29, 1.82) is 0 Å². The number of rotatable bonds is 2. The van der Waals surface area contributed by atoms with Gasteiger partial charge in [0.05, 0.1) is 10.4 Å². The van der Waals surface area contributed by atoms with Gasteiger partial charge in [-0.3, -0.25) is 0 Å². The van der Waals surface area contributed by atoms with E-state index < -0.39 is 11.2 Å². The molecule has 1 atom stereocenters. The molecule has 4 heteroatoms. The largest absolute Gasteiger partial charge is 0.205 e. The third kappa shape index (κ3) is 2.82. The lowest BCUT2D eigenvalue weighted by Gasteiger charge is -2.12. The highest BCUT2D eigenvalue weighted by Crippen LogP contribution is 2.35. The number of hydrogen-bond acceptors (Lipinski definition) is 0. The van der Waals surface area contributed by atoms with Gasteiger partial charge in [0, 0.05) is 4.47 Å². The highest BCUT2D eigenvalue weighted by atomic mass is 79.9. The lowest BCUT2D eigenvalue weighted by atomic mass is 10.0. The molecule has 0 aliphatic carbocycles. The predicted octanol–water partition coefficient (Wildman–Crippen LogP) is 5.57. The van der Waals surface area contributed by atoms with E-state index in [9.17, 15) is 4.39 Å². The molecular weight excluding hydrogens is 326 g/mol. The summed E-state index contributed by atoms with van der Waals surface area (Å²) in [6.07, 6.45) is 0. The van der Waals surface area contributed by atoms with Crippen LogP contribution < -0.4 is 0 Å². The van der Waals surface area contributed by atoms with Crippen molar-refractivity contribution in [3.8, 4) is 0 Å². The molecule has 0 saturated heterocycles. The molecule has 0 bridgehead atoms. The second-order valence-electron chi connectivity index (χ2n) is 3.56. The average molecular weight is 334 g/mol. The summed E-state index contributed by atoms with van der Waals surface area (Å²) in [6.45, 7) is 0. The highest BCUT2D eigenvalue weighted by Gasteiger charge is 2.16. The van der Waals surface area contributed by atoms with Crippen molar-refractivity contribution in [2.45, 2.75) is 5.38 Å². The number of halogens is 4. The second-order valence-corrected chi connectivity index (χ2v) is 5.29. The average Bonchev–Trinajstić information content (AvgIpc) is 2.33. The summed E-state index contributed by atoms with van der Waals surface area (Å²) in [7, 11) is 0. The Morgan fingerprint density at radius 2 is 1.71 bits per heavy atom. The van der Waals surface area contributed by atoms with Crippen LogP contribution in [0.25, 0.3) is 0 Å². The molecular formula is C13H8BrCl2F. The molecule has 1 unspecified atom stereocenters. The van der Waals surface area contributed by atoms with E-state index in [2.05, 4.69) is 15.9 Å². The maximum absolute atomic E-state index is 13.3. The quantitative estimate of drug-likeness (QED) is 0.630. The summed E-state index contributed by atoms with van der Waals surface area (Å²) in [5.41, 5.74) is 1.46. The van der Waals surface area contributed by atoms with Crippen molar-refractivity contribution in [2.24, 2.45) is 0 Å². The Morgan fingerprint density at radius 3 is 2.35 bits per heavy atom. The SMILES string of the molecule is Fc1cccc(C(Cl)c2ccc(Br)cc2)c1Cl. The standard InChI is InChI=1S/C13H8BrCl2F/c14-9-6-4-8(5-7-9)12(15)10-2-1-3-11(17)13(10)16/h1-7,12H. The molecule has 0 saturated carbocycles. The molecule has 0 heterocycles. The Morgan fingerprint density at radius 1 is 1.06 bits per heavy atom. The lowest BCUT2D eigenvalue weighted by molar-refractivity contribution is 0.626. The van der Waals surface area contributed by atoms with E-state index in [0.29, 0.717) is 5.56 Å². The van der Waals surface area contributed by atoms with Crippen molar-refractivity contribution in [1.82, 2.24) is 0 Å². The van der Waals surface area contributed by atoms with Crippen LogP contribution in [0.1, 0.15) is 16.5 Å². The van der Waals surface area contributed by atoms with Crippen LogP contribution in [0.4, 0.5) is 4.39 Å². The Bertz CT molecular complexity index is 525. The minimum Gasteiger partial charge on any atom is -0.205 e. The van der Waals surface area contributed by atoms with Crippen molar-refractivity contribution in [3.05, 3.63) is 68.9 Å². The van der Waals surface area contributed by atoms with Gasteiger partial charge in [0.25, 0.3) is 0 Å². The highest BCUT2D eigenvalue weighted by molar-refractivity contribution is 9.10. The predicted molar refractivity (Wildman–Crippen MR) is 73.2 cm³/mol. The molecule has 88 valence electrons. The van der Waals surface area contributed by atoms with Gasteiger partial charge >= 0.3 is 0 Å². The van der Waals surface area contributed by atoms with Crippen LogP contribution in [0, 0.1) is 5.82 Å². The van der Waals surface area contributed by atoms with Crippen LogP contribution in [0.5, 0.6) is 0 Å². The van der Waals surface area contributed by atoms with Gasteiger partial charge in [0.2, 0.25) is 0 Å². The van der Waals surface area contributed by atoms with E-state index in [1.54, 1.807) is 12.1 Å². The van der Waals surface area contributed by atoms with Crippen molar-refractivity contribution in [2.75, 3.05) is 0 Å². The molecule has 2 aromatic carbocycles. The van der Waals surface area contributed by atoms with Crippen molar-refractivity contribution < 1.29 is 4.39 Å². The van der Waals surface area contributed by atoms with E-state index in [1.165, 1.54) is 6.07 Å². The molecule has 2 aromatic rings. The van der Waals surface area contributed by atoms with Gasteiger partial charge < -0.3 is 0 Å². The summed E-state index contributed by atoms with van der Waals surface area (Å²) < 4.78 is 14.3. The zero-order valence-electron chi connectivity index (χ0n) is 8.63. The molecule has 2 rings (SSSR count). The first-order valence-corrected chi connectivity index (χ1v) is 6.54. The Balaban J connectivity index is 2.40. The number of benzene rings is 2. The first-order chi connectivity index (χ1) is 8.09. The smallest absolute Gasteiger partial charge is 0.142 e. The topological polar surface area (TPSA) is 0 Å². The summed E-state index contributed by atoms with van der Waals surface area (Å²) >= 11 is 15.5. The van der Waals surface area contributed by atoms with E-state index >= 15 is 0 Å². The van der Waals surface area contributed by atoms with Gasteiger partial charge in [-0.2, -0.15) is 0 Å². The maximum Gasteiger partial charge on any atom is 0.142 e. The van der Waals surface area contributed by atoms with Gasteiger partial charge in [0.15, 0.2) is 0 Å². The molecule has 0 aliphatic rings. The van der Waals surface area contributed by atoms with Crippen LogP contribution in [-0.4, -0.2) is 0 Å². The minimum absolute atomic E-state index is 0.0791. The molecule has 0 fully saturated rings. The summed E-state index contributed by atoms with van der Waals surface area (Å²) in [5, 5.41) is -0.373. The van der Waals surface area contributed by atoms with Gasteiger partial charge in [-0.15, -0.1) is 11.6 Å². The van der Waals surface area contributed by atoms with Gasteiger partial charge in [-0.25, -0.2) is 4.39 Å². The first kappa shape index (κ1) is 12.9. The fourth-order valence-corrected chi connectivity index (χ4v) is 2.41. The van der Waals surface area contributed by atoms with Crippen LogP contribution in [-0.2, 0) is 0 Å². The zero-order valence-corrected chi connectivity index (χ0v) is 11.7. The van der Waals surface area contributed by atoms with Crippen LogP contribution >= 0.6 is 39.1 Å². The van der Waals surface area contributed by atoms with Gasteiger partial charge in [0.1, 0.15) is 5.82 Å². The van der Waals surface area contributed by atoms with Gasteiger partial charge in [-0.1, -0.05) is 51.8 Å². The van der Waals surface area contributed by atoms with E-state index in [4.69, 9.17) is 23.2 Å². The van der Waals surface area contributed by atoms with E-state index in [0.717, 1.165) is 10.0 Å². The summed E-state index contributed by atoms with van der Waals surface area (Å²) in [4.78, 5) is 0. The third-order valence-corrected chi connectivity index (χ3v) is 3.83. The van der Waals surface area contributed by atoms with Crippen LogP contribution in [0.2, 0.25) is 5.02 Å². The van der Waals surface area contributed by atoms with E-state index in [-0.39, 0.29) is 5.02 Å². The molecule has 17 heavy (non-hydrogen) atoms. The van der Waals surface area contributed by atoms with Gasteiger partial charge in [-0.05, 0) is 29.3 Å².